The summed E-state index contributed by atoms with van der Waals surface area (Å²) < 4.78 is 2.06. The van der Waals surface area contributed by atoms with Crippen LogP contribution in [-0.2, 0) is 0 Å². The minimum Gasteiger partial charge on any atom is -0.389 e. The molecule has 1 aromatic carbocycles. The number of hydrogen-bond donors (Lipinski definition) is 1. The van der Waals surface area contributed by atoms with E-state index in [1.165, 1.54) is 0 Å². The zero-order chi connectivity index (χ0) is 17.8. The van der Waals surface area contributed by atoms with Gasteiger partial charge in [0, 0.05) is 21.9 Å². The van der Waals surface area contributed by atoms with E-state index in [1.807, 2.05) is 37.3 Å². The van der Waals surface area contributed by atoms with E-state index in [4.69, 9.17) is 0 Å². The maximum absolute atomic E-state index is 9.77. The molecule has 1 atom stereocenters. The predicted molar refractivity (Wildman–Crippen MR) is 103 cm³/mol. The van der Waals surface area contributed by atoms with E-state index in [0.29, 0.717) is 12.3 Å². The smallest absolute Gasteiger partial charge is 0.160 e. The summed E-state index contributed by atoms with van der Waals surface area (Å²) in [6.45, 7) is 6.21. The molecule has 0 saturated carbocycles. The van der Waals surface area contributed by atoms with Gasteiger partial charge in [0.2, 0.25) is 0 Å². The van der Waals surface area contributed by atoms with Gasteiger partial charge in [0.15, 0.2) is 5.65 Å². The summed E-state index contributed by atoms with van der Waals surface area (Å²) in [6, 6.07) is 12.3. The van der Waals surface area contributed by atoms with Gasteiger partial charge < -0.3 is 5.11 Å². The van der Waals surface area contributed by atoms with Gasteiger partial charge in [-0.3, -0.25) is 4.40 Å². The lowest BCUT2D eigenvalue weighted by atomic mass is 10.1. The summed E-state index contributed by atoms with van der Waals surface area (Å²) in [7, 11) is 0. The number of benzene rings is 1. The maximum Gasteiger partial charge on any atom is 0.160 e. The highest BCUT2D eigenvalue weighted by Gasteiger charge is 2.10. The fraction of sp³-hybridized carbons (Fsp3) is 0.300. The molecule has 5 heteroatoms. The monoisotopic (exact) mass is 353 g/mol. The van der Waals surface area contributed by atoms with Gasteiger partial charge in [-0.15, -0.1) is 10.2 Å². The molecule has 4 nitrogen and oxygen atoms in total. The van der Waals surface area contributed by atoms with Crippen LogP contribution in [0.25, 0.3) is 11.7 Å². The quantitative estimate of drug-likeness (QED) is 0.692. The number of rotatable bonds is 6. The summed E-state index contributed by atoms with van der Waals surface area (Å²) >= 11 is 1.70. The second kappa shape index (κ2) is 7.85. The average Bonchev–Trinajstić information content (AvgIpc) is 3.04. The average molecular weight is 353 g/mol. The second-order valence-electron chi connectivity index (χ2n) is 6.28. The lowest BCUT2D eigenvalue weighted by Crippen LogP contribution is -1.98. The van der Waals surface area contributed by atoms with Crippen LogP contribution in [-0.4, -0.2) is 25.8 Å². The minimum absolute atomic E-state index is 0.320. The first-order valence-electron chi connectivity index (χ1n) is 8.56. The van der Waals surface area contributed by atoms with E-state index in [1.54, 1.807) is 11.8 Å². The summed E-state index contributed by atoms with van der Waals surface area (Å²) in [4.78, 5) is 2.28. The maximum atomic E-state index is 9.77. The summed E-state index contributed by atoms with van der Waals surface area (Å²) in [5.41, 5.74) is 1.97. The van der Waals surface area contributed by atoms with Crippen LogP contribution in [0, 0.1) is 0 Å². The highest BCUT2D eigenvalue weighted by molar-refractivity contribution is 7.99. The number of aliphatic hydroxyl groups is 1. The number of pyridine rings is 1. The molecular formula is C20H23N3OS. The standard InChI is InChI=1S/C20H23N3OS/c1-4-16(24)10-9-15-7-5-6-8-18(15)25-17-11-12-19-21-22-20(14(2)3)23(19)13-17/h5-14,16,24H,4H2,1-3H3. The van der Waals surface area contributed by atoms with E-state index < -0.39 is 6.10 Å². The van der Waals surface area contributed by atoms with Crippen molar-refractivity contribution in [3.8, 4) is 0 Å². The Morgan fingerprint density at radius 3 is 2.72 bits per heavy atom. The van der Waals surface area contributed by atoms with Gasteiger partial charge in [0.25, 0.3) is 0 Å². The fourth-order valence-electron chi connectivity index (χ4n) is 2.53. The number of nitrogens with zero attached hydrogens (tertiary/aromatic N) is 3. The van der Waals surface area contributed by atoms with Gasteiger partial charge >= 0.3 is 0 Å². The predicted octanol–water partition coefficient (Wildman–Crippen LogP) is 4.79. The van der Waals surface area contributed by atoms with Gasteiger partial charge in [0.1, 0.15) is 5.82 Å². The van der Waals surface area contributed by atoms with Gasteiger partial charge in [-0.05, 0) is 30.2 Å². The molecule has 2 aromatic heterocycles. The van der Waals surface area contributed by atoms with Crippen molar-refractivity contribution >= 4 is 23.5 Å². The van der Waals surface area contributed by atoms with E-state index in [-0.39, 0.29) is 0 Å². The van der Waals surface area contributed by atoms with E-state index in [9.17, 15) is 5.11 Å². The number of fused-ring (bicyclic) bond motifs is 1. The van der Waals surface area contributed by atoms with Gasteiger partial charge in [-0.25, -0.2) is 0 Å². The van der Waals surface area contributed by atoms with Crippen molar-refractivity contribution in [2.75, 3.05) is 0 Å². The van der Waals surface area contributed by atoms with E-state index in [2.05, 4.69) is 52.8 Å². The summed E-state index contributed by atoms with van der Waals surface area (Å²) in [6.07, 6.45) is 6.25. The van der Waals surface area contributed by atoms with Crippen LogP contribution in [0.2, 0.25) is 0 Å². The van der Waals surface area contributed by atoms with Gasteiger partial charge in [-0.1, -0.05) is 62.9 Å². The van der Waals surface area contributed by atoms with Crippen molar-refractivity contribution in [1.29, 1.82) is 0 Å². The fourth-order valence-corrected chi connectivity index (χ4v) is 3.48. The molecule has 0 aliphatic heterocycles. The van der Waals surface area contributed by atoms with Crippen molar-refractivity contribution in [2.45, 2.75) is 49.0 Å². The molecule has 130 valence electrons. The first-order chi connectivity index (χ1) is 12.1. The molecular weight excluding hydrogens is 330 g/mol. The molecule has 1 unspecified atom stereocenters. The molecule has 0 spiro atoms. The zero-order valence-electron chi connectivity index (χ0n) is 14.8. The van der Waals surface area contributed by atoms with Crippen LogP contribution in [0.4, 0.5) is 0 Å². The van der Waals surface area contributed by atoms with Gasteiger partial charge in [0.05, 0.1) is 6.10 Å². The number of aliphatic hydroxyl groups excluding tert-OH is 1. The van der Waals surface area contributed by atoms with Crippen LogP contribution in [0.5, 0.6) is 0 Å². The largest absolute Gasteiger partial charge is 0.389 e. The summed E-state index contributed by atoms with van der Waals surface area (Å²) in [5.74, 6) is 1.29. The van der Waals surface area contributed by atoms with Crippen molar-refractivity contribution in [1.82, 2.24) is 14.6 Å². The van der Waals surface area contributed by atoms with Crippen molar-refractivity contribution < 1.29 is 5.11 Å². The Kier molecular flexibility index (Phi) is 5.56. The summed E-state index contributed by atoms with van der Waals surface area (Å²) in [5, 5.41) is 18.3. The molecule has 0 aliphatic rings. The van der Waals surface area contributed by atoms with Crippen molar-refractivity contribution in [2.24, 2.45) is 0 Å². The van der Waals surface area contributed by atoms with Crippen LogP contribution in [0.15, 0.2) is 58.5 Å². The Labute approximate surface area is 152 Å². The molecule has 3 aromatic rings. The third kappa shape index (κ3) is 4.11. The van der Waals surface area contributed by atoms with Crippen LogP contribution in [0.3, 0.4) is 0 Å². The lowest BCUT2D eigenvalue weighted by Gasteiger charge is -2.08. The Morgan fingerprint density at radius 1 is 1.16 bits per heavy atom. The Hall–Kier alpha value is -2.11. The van der Waals surface area contributed by atoms with Crippen molar-refractivity contribution in [3.63, 3.8) is 0 Å². The Balaban J connectivity index is 1.91. The van der Waals surface area contributed by atoms with Crippen LogP contribution in [0.1, 0.15) is 44.5 Å². The molecule has 0 bridgehead atoms. The molecule has 1 N–H and O–H groups in total. The molecule has 0 fully saturated rings. The van der Waals surface area contributed by atoms with Crippen molar-refractivity contribution in [3.05, 3.63) is 60.1 Å². The SMILES string of the molecule is CCC(O)C=Cc1ccccc1Sc1ccc2nnc(C(C)C)n2c1. The van der Waals surface area contributed by atoms with E-state index >= 15 is 0 Å². The lowest BCUT2D eigenvalue weighted by molar-refractivity contribution is 0.220. The Bertz CT molecular complexity index is 886. The molecule has 0 saturated heterocycles. The molecule has 0 aliphatic carbocycles. The third-order valence-electron chi connectivity index (χ3n) is 3.98. The van der Waals surface area contributed by atoms with Crippen LogP contribution >= 0.6 is 11.8 Å². The topological polar surface area (TPSA) is 50.4 Å². The first-order valence-corrected chi connectivity index (χ1v) is 9.38. The molecule has 25 heavy (non-hydrogen) atoms. The van der Waals surface area contributed by atoms with Gasteiger partial charge in [-0.2, -0.15) is 0 Å². The zero-order valence-corrected chi connectivity index (χ0v) is 15.6. The number of aromatic nitrogens is 3. The minimum atomic E-state index is -0.403. The highest BCUT2D eigenvalue weighted by atomic mass is 32.2. The second-order valence-corrected chi connectivity index (χ2v) is 7.40. The van der Waals surface area contributed by atoms with Crippen LogP contribution < -0.4 is 0 Å². The normalized spacial score (nSPS) is 13.2. The highest BCUT2D eigenvalue weighted by Crippen LogP contribution is 2.31. The Morgan fingerprint density at radius 2 is 1.96 bits per heavy atom. The molecule has 0 amide bonds. The molecule has 2 heterocycles. The van der Waals surface area contributed by atoms with E-state index in [0.717, 1.165) is 26.8 Å². The number of hydrogen-bond acceptors (Lipinski definition) is 4. The molecule has 3 rings (SSSR count). The first kappa shape index (κ1) is 17.7. The third-order valence-corrected chi connectivity index (χ3v) is 5.05. The molecule has 0 radical (unpaired) electrons.